The fourth-order valence-electron chi connectivity index (χ4n) is 3.90. The fraction of sp³-hybridized carbons (Fsp3) is 1.00. The average molecular weight is 386 g/mol. The lowest BCUT2D eigenvalue weighted by Gasteiger charge is -2.20. The van der Waals surface area contributed by atoms with E-state index < -0.39 is 10.0 Å². The Kier molecular flexibility index (Phi) is 18.4. The average Bonchev–Trinajstić information content (AvgIpc) is 2.62. The molecular formula is C22H47NO2Si. The highest BCUT2D eigenvalue weighted by Crippen LogP contribution is 2.17. The molecular weight excluding hydrogens is 338 g/mol. The molecule has 4 heteroatoms. The Morgan fingerprint density at radius 1 is 0.731 bits per heavy atom. The highest BCUT2D eigenvalue weighted by Gasteiger charge is 2.10. The number of hydroxylamine groups is 1. The maximum atomic E-state index is 5.49. The summed E-state index contributed by atoms with van der Waals surface area (Å²) in [5.74, 6) is 0.746. The van der Waals surface area contributed by atoms with Crippen LogP contribution in [0.5, 0.6) is 0 Å². The Hall–Kier alpha value is 0.0969. The Bertz CT molecular complexity index is 271. The zero-order valence-electron chi connectivity index (χ0n) is 17.7. The van der Waals surface area contributed by atoms with Crippen LogP contribution in [0.2, 0.25) is 0 Å². The van der Waals surface area contributed by atoms with Gasteiger partial charge in [0, 0.05) is 13.2 Å². The van der Waals surface area contributed by atoms with Gasteiger partial charge in [0.25, 0.3) is 0 Å². The van der Waals surface area contributed by atoms with Crippen LogP contribution in [-0.4, -0.2) is 23.2 Å². The highest BCUT2D eigenvalue weighted by atomic mass is 28.3. The minimum Gasteiger partial charge on any atom is -0.398 e. The Morgan fingerprint density at radius 3 is 1.77 bits per heavy atom. The van der Waals surface area contributed by atoms with E-state index >= 15 is 0 Å². The van der Waals surface area contributed by atoms with Crippen LogP contribution >= 0.6 is 0 Å². The van der Waals surface area contributed by atoms with Crippen LogP contribution in [0.25, 0.3) is 0 Å². The molecule has 1 N–H and O–H groups in total. The second kappa shape index (κ2) is 19.8. The SMILES string of the molecule is CCCCCCCCCCCCCCCCCCC1CCO[SiH2]ONC1. The van der Waals surface area contributed by atoms with Crippen LogP contribution < -0.4 is 5.48 Å². The zero-order valence-corrected chi connectivity index (χ0v) is 19.2. The standard InChI is InChI=1S/C22H47NO2Si/c1-2-3-4-5-6-7-8-9-10-11-12-13-14-15-16-17-18-22-19-20-24-26-25-23-21-22/h22-23H,2-21,26H2,1H3. The van der Waals surface area contributed by atoms with Gasteiger partial charge >= 0.3 is 10.0 Å². The van der Waals surface area contributed by atoms with Crippen molar-refractivity contribution in [2.45, 2.75) is 122 Å². The van der Waals surface area contributed by atoms with Crippen molar-refractivity contribution in [3.8, 4) is 0 Å². The summed E-state index contributed by atoms with van der Waals surface area (Å²) in [6.07, 6.45) is 25.7. The summed E-state index contributed by atoms with van der Waals surface area (Å²) in [5, 5.41) is 0. The minimum absolute atomic E-state index is 0.731. The molecule has 0 radical (unpaired) electrons. The van der Waals surface area contributed by atoms with E-state index in [4.69, 9.17) is 8.95 Å². The van der Waals surface area contributed by atoms with E-state index in [9.17, 15) is 0 Å². The molecule has 1 aliphatic rings. The van der Waals surface area contributed by atoms with E-state index in [1.807, 2.05) is 0 Å². The second-order valence-corrected chi connectivity index (χ2v) is 9.20. The topological polar surface area (TPSA) is 30.5 Å². The van der Waals surface area contributed by atoms with Crippen LogP contribution in [0.3, 0.4) is 0 Å². The molecule has 1 atom stereocenters. The Balaban J connectivity index is 1.71. The molecule has 1 unspecified atom stereocenters. The molecule has 0 amide bonds. The summed E-state index contributed by atoms with van der Waals surface area (Å²) in [4.78, 5) is 0. The summed E-state index contributed by atoms with van der Waals surface area (Å²) in [6.45, 7) is 4.23. The van der Waals surface area contributed by atoms with Gasteiger partial charge in [-0.1, -0.05) is 110 Å². The normalized spacial score (nSPS) is 19.5. The lowest BCUT2D eigenvalue weighted by atomic mass is 9.97. The predicted octanol–water partition coefficient (Wildman–Crippen LogP) is 6.19. The lowest BCUT2D eigenvalue weighted by Crippen LogP contribution is -2.30. The summed E-state index contributed by atoms with van der Waals surface area (Å²) in [5.41, 5.74) is 3.08. The van der Waals surface area contributed by atoms with Crippen LogP contribution in [0.15, 0.2) is 0 Å². The van der Waals surface area contributed by atoms with E-state index in [0.29, 0.717) is 0 Å². The van der Waals surface area contributed by atoms with Gasteiger partial charge in [0.1, 0.15) is 0 Å². The van der Waals surface area contributed by atoms with Gasteiger partial charge < -0.3 is 8.95 Å². The zero-order chi connectivity index (χ0) is 18.5. The van der Waals surface area contributed by atoms with Crippen LogP contribution in [0, 0.1) is 5.92 Å². The van der Waals surface area contributed by atoms with Crippen molar-refractivity contribution in [1.82, 2.24) is 5.48 Å². The Morgan fingerprint density at radius 2 is 1.23 bits per heavy atom. The van der Waals surface area contributed by atoms with Gasteiger partial charge in [-0.15, -0.1) is 0 Å². The molecule has 0 aromatic heterocycles. The quantitative estimate of drug-likeness (QED) is 0.239. The van der Waals surface area contributed by atoms with Crippen LogP contribution in [0.4, 0.5) is 0 Å². The van der Waals surface area contributed by atoms with Crippen molar-refractivity contribution >= 4 is 10.0 Å². The molecule has 3 nitrogen and oxygen atoms in total. The summed E-state index contributed by atoms with van der Waals surface area (Å²) < 4.78 is 10.8. The van der Waals surface area contributed by atoms with Crippen molar-refractivity contribution in [2.24, 2.45) is 5.92 Å². The largest absolute Gasteiger partial charge is 0.398 e. The molecule has 0 saturated carbocycles. The fourth-order valence-corrected chi connectivity index (χ4v) is 4.47. The third kappa shape index (κ3) is 16.3. The number of nitrogens with one attached hydrogen (secondary N) is 1. The van der Waals surface area contributed by atoms with Crippen molar-refractivity contribution in [1.29, 1.82) is 0 Å². The van der Waals surface area contributed by atoms with E-state index in [1.165, 1.54) is 116 Å². The number of unbranched alkanes of at least 4 members (excludes halogenated alkanes) is 15. The highest BCUT2D eigenvalue weighted by molar-refractivity contribution is 6.17. The molecule has 1 heterocycles. The van der Waals surface area contributed by atoms with Gasteiger partial charge in [0.2, 0.25) is 0 Å². The first-order valence-corrected chi connectivity index (χ1v) is 13.0. The molecule has 1 rings (SSSR count). The smallest absolute Gasteiger partial charge is 0.326 e. The molecule has 0 spiro atoms. The molecule has 156 valence electrons. The van der Waals surface area contributed by atoms with E-state index in [-0.39, 0.29) is 0 Å². The van der Waals surface area contributed by atoms with Gasteiger partial charge in [-0.25, -0.2) is 5.48 Å². The first-order valence-electron chi connectivity index (χ1n) is 11.9. The van der Waals surface area contributed by atoms with E-state index in [2.05, 4.69) is 12.4 Å². The predicted molar refractivity (Wildman–Crippen MR) is 116 cm³/mol. The molecule has 0 aromatic carbocycles. The minimum atomic E-state index is -0.731. The van der Waals surface area contributed by atoms with E-state index in [0.717, 1.165) is 19.1 Å². The van der Waals surface area contributed by atoms with E-state index in [1.54, 1.807) is 0 Å². The van der Waals surface area contributed by atoms with Gasteiger partial charge in [-0.3, -0.25) is 0 Å². The molecule has 1 saturated heterocycles. The first-order chi connectivity index (χ1) is 12.9. The molecule has 0 bridgehead atoms. The van der Waals surface area contributed by atoms with Crippen molar-refractivity contribution in [2.75, 3.05) is 13.2 Å². The van der Waals surface area contributed by atoms with Gasteiger partial charge in [-0.05, 0) is 18.8 Å². The van der Waals surface area contributed by atoms with Gasteiger partial charge in [0.05, 0.1) is 0 Å². The van der Waals surface area contributed by atoms with Crippen molar-refractivity contribution in [3.63, 3.8) is 0 Å². The molecule has 1 aliphatic heterocycles. The maximum Gasteiger partial charge on any atom is 0.326 e. The number of hydrogen-bond acceptors (Lipinski definition) is 3. The monoisotopic (exact) mass is 385 g/mol. The van der Waals surface area contributed by atoms with Crippen molar-refractivity contribution < 1.29 is 8.95 Å². The first kappa shape index (κ1) is 24.1. The van der Waals surface area contributed by atoms with Crippen molar-refractivity contribution in [3.05, 3.63) is 0 Å². The van der Waals surface area contributed by atoms with Crippen LogP contribution in [0.1, 0.15) is 122 Å². The third-order valence-corrected chi connectivity index (χ3v) is 6.53. The van der Waals surface area contributed by atoms with Crippen LogP contribution in [-0.2, 0) is 8.95 Å². The molecule has 26 heavy (non-hydrogen) atoms. The second-order valence-electron chi connectivity index (χ2n) is 8.27. The Labute approximate surface area is 166 Å². The molecule has 1 fully saturated rings. The lowest BCUT2D eigenvalue weighted by molar-refractivity contribution is 0.101. The third-order valence-electron chi connectivity index (χ3n) is 5.75. The maximum absolute atomic E-state index is 5.49. The summed E-state index contributed by atoms with van der Waals surface area (Å²) >= 11 is 0. The molecule has 0 aromatic rings. The van der Waals surface area contributed by atoms with Gasteiger partial charge in [0.15, 0.2) is 0 Å². The number of rotatable bonds is 17. The molecule has 0 aliphatic carbocycles. The number of hydrogen-bond donors (Lipinski definition) is 1. The summed E-state index contributed by atoms with van der Waals surface area (Å²) in [7, 11) is -0.731. The van der Waals surface area contributed by atoms with Gasteiger partial charge in [-0.2, -0.15) is 0 Å². The summed E-state index contributed by atoms with van der Waals surface area (Å²) in [6, 6.07) is 0.